The molecule has 3 nitrogen and oxygen atoms in total. The molecule has 0 radical (unpaired) electrons. The SMILES string of the molecule is CC1N(c2cccnc2)C=CC1(C)C=O. The van der Waals surface area contributed by atoms with Gasteiger partial charge in [-0.2, -0.15) is 0 Å². The normalized spacial score (nSPS) is 29.5. The van der Waals surface area contributed by atoms with Crippen LogP contribution in [-0.2, 0) is 4.79 Å². The first-order valence-corrected chi connectivity index (χ1v) is 5.01. The van der Waals surface area contributed by atoms with Gasteiger partial charge in [0, 0.05) is 18.4 Å². The van der Waals surface area contributed by atoms with Crippen LogP contribution in [0.15, 0.2) is 36.8 Å². The van der Waals surface area contributed by atoms with E-state index in [1.165, 1.54) is 0 Å². The third kappa shape index (κ3) is 1.54. The first-order chi connectivity index (χ1) is 7.17. The number of rotatable bonds is 2. The van der Waals surface area contributed by atoms with Gasteiger partial charge in [0.1, 0.15) is 6.29 Å². The van der Waals surface area contributed by atoms with Crippen molar-refractivity contribution in [1.29, 1.82) is 0 Å². The zero-order valence-corrected chi connectivity index (χ0v) is 8.92. The third-order valence-corrected chi connectivity index (χ3v) is 3.11. The standard InChI is InChI=1S/C12H14N2O/c1-10-12(2,9-15)5-7-14(10)11-4-3-6-13-8-11/h3-10H,1-2H3. The number of aromatic nitrogens is 1. The molecule has 2 heterocycles. The van der Waals surface area contributed by atoms with E-state index in [1.54, 1.807) is 12.4 Å². The number of carbonyl (C=O) groups excluding carboxylic acids is 1. The van der Waals surface area contributed by atoms with Crippen molar-refractivity contribution >= 4 is 12.0 Å². The summed E-state index contributed by atoms with van der Waals surface area (Å²) < 4.78 is 0. The molecule has 0 saturated carbocycles. The highest BCUT2D eigenvalue weighted by Gasteiger charge is 2.36. The Balaban J connectivity index is 2.30. The summed E-state index contributed by atoms with van der Waals surface area (Å²) in [5.74, 6) is 0. The first-order valence-electron chi connectivity index (χ1n) is 5.01. The highest BCUT2D eigenvalue weighted by atomic mass is 16.1. The third-order valence-electron chi connectivity index (χ3n) is 3.11. The Morgan fingerprint density at radius 2 is 2.40 bits per heavy atom. The summed E-state index contributed by atoms with van der Waals surface area (Å²) in [4.78, 5) is 17.2. The van der Waals surface area contributed by atoms with Crippen LogP contribution in [0.1, 0.15) is 13.8 Å². The lowest BCUT2D eigenvalue weighted by molar-refractivity contribution is -0.113. The van der Waals surface area contributed by atoms with Gasteiger partial charge in [-0.05, 0) is 26.0 Å². The number of nitrogens with zero attached hydrogens (tertiary/aromatic N) is 2. The number of aldehydes is 1. The smallest absolute Gasteiger partial charge is 0.131 e. The second-order valence-electron chi connectivity index (χ2n) is 4.09. The number of hydrogen-bond acceptors (Lipinski definition) is 3. The van der Waals surface area contributed by atoms with Gasteiger partial charge in [-0.1, -0.05) is 6.08 Å². The minimum Gasteiger partial charge on any atom is -0.343 e. The predicted octanol–water partition coefficient (Wildman–Crippen LogP) is 2.01. The molecule has 2 unspecified atom stereocenters. The van der Waals surface area contributed by atoms with Crippen LogP contribution in [0.5, 0.6) is 0 Å². The van der Waals surface area contributed by atoms with Crippen LogP contribution in [0.3, 0.4) is 0 Å². The molecule has 0 fully saturated rings. The zero-order valence-electron chi connectivity index (χ0n) is 8.92. The molecule has 15 heavy (non-hydrogen) atoms. The van der Waals surface area contributed by atoms with Crippen LogP contribution < -0.4 is 4.90 Å². The average Bonchev–Trinajstić information content (AvgIpc) is 2.58. The monoisotopic (exact) mass is 202 g/mol. The maximum absolute atomic E-state index is 11.0. The summed E-state index contributed by atoms with van der Waals surface area (Å²) in [6.45, 7) is 3.99. The van der Waals surface area contributed by atoms with Gasteiger partial charge in [-0.15, -0.1) is 0 Å². The molecule has 2 rings (SSSR count). The van der Waals surface area contributed by atoms with Gasteiger partial charge < -0.3 is 9.69 Å². The van der Waals surface area contributed by atoms with E-state index >= 15 is 0 Å². The van der Waals surface area contributed by atoms with Crippen LogP contribution in [0.25, 0.3) is 0 Å². The number of pyridine rings is 1. The van der Waals surface area contributed by atoms with Gasteiger partial charge in [0.25, 0.3) is 0 Å². The number of anilines is 1. The summed E-state index contributed by atoms with van der Waals surface area (Å²) in [6, 6.07) is 4.02. The number of hydrogen-bond donors (Lipinski definition) is 0. The molecule has 0 bridgehead atoms. The van der Waals surface area contributed by atoms with Crippen molar-refractivity contribution < 1.29 is 4.79 Å². The lowest BCUT2D eigenvalue weighted by Gasteiger charge is -2.29. The molecule has 1 aromatic rings. The molecule has 0 amide bonds. The van der Waals surface area contributed by atoms with Gasteiger partial charge in [-0.25, -0.2) is 0 Å². The van der Waals surface area contributed by atoms with Crippen molar-refractivity contribution in [3.8, 4) is 0 Å². The molecule has 1 aliphatic heterocycles. The Hall–Kier alpha value is -1.64. The van der Waals surface area contributed by atoms with Crippen molar-refractivity contribution in [3.63, 3.8) is 0 Å². The van der Waals surface area contributed by atoms with E-state index in [4.69, 9.17) is 0 Å². The Bertz CT molecular complexity index is 388. The van der Waals surface area contributed by atoms with Gasteiger partial charge in [0.2, 0.25) is 0 Å². The maximum Gasteiger partial charge on any atom is 0.131 e. The maximum atomic E-state index is 11.0. The fourth-order valence-corrected chi connectivity index (χ4v) is 1.76. The van der Waals surface area contributed by atoms with Crippen LogP contribution >= 0.6 is 0 Å². The average molecular weight is 202 g/mol. The van der Waals surface area contributed by atoms with Crippen LogP contribution in [0.4, 0.5) is 5.69 Å². The zero-order chi connectivity index (χ0) is 10.9. The summed E-state index contributed by atoms with van der Waals surface area (Å²) in [5.41, 5.74) is 0.627. The first kappa shape index (κ1) is 9.90. The summed E-state index contributed by atoms with van der Waals surface area (Å²) >= 11 is 0. The number of carbonyl (C=O) groups is 1. The Labute approximate surface area is 89.4 Å². The molecule has 1 aromatic heterocycles. The molecule has 0 N–H and O–H groups in total. The summed E-state index contributed by atoms with van der Waals surface area (Å²) in [5, 5.41) is 0. The Morgan fingerprint density at radius 1 is 1.60 bits per heavy atom. The highest BCUT2D eigenvalue weighted by Crippen LogP contribution is 2.34. The summed E-state index contributed by atoms with van der Waals surface area (Å²) in [6.07, 6.45) is 8.45. The van der Waals surface area contributed by atoms with E-state index in [2.05, 4.69) is 9.88 Å². The Kier molecular flexibility index (Phi) is 2.31. The topological polar surface area (TPSA) is 33.2 Å². The lowest BCUT2D eigenvalue weighted by Crippen LogP contribution is -2.36. The van der Waals surface area contributed by atoms with E-state index in [0.717, 1.165) is 12.0 Å². The van der Waals surface area contributed by atoms with Gasteiger partial charge in [0.05, 0.1) is 17.3 Å². The molecule has 0 aromatic carbocycles. The molecule has 3 heteroatoms. The van der Waals surface area contributed by atoms with Gasteiger partial charge >= 0.3 is 0 Å². The van der Waals surface area contributed by atoms with E-state index in [1.807, 2.05) is 38.3 Å². The van der Waals surface area contributed by atoms with E-state index in [9.17, 15) is 4.79 Å². The van der Waals surface area contributed by atoms with Crippen LogP contribution in [0.2, 0.25) is 0 Å². The van der Waals surface area contributed by atoms with E-state index < -0.39 is 5.41 Å². The quantitative estimate of drug-likeness (QED) is 0.688. The molecular formula is C12H14N2O. The fraction of sp³-hybridized carbons (Fsp3) is 0.333. The minimum absolute atomic E-state index is 0.138. The van der Waals surface area contributed by atoms with E-state index in [0.29, 0.717) is 0 Å². The lowest BCUT2D eigenvalue weighted by atomic mass is 9.87. The van der Waals surface area contributed by atoms with Crippen LogP contribution in [-0.4, -0.2) is 17.3 Å². The molecule has 0 aliphatic carbocycles. The Morgan fingerprint density at radius 3 is 2.93 bits per heavy atom. The second kappa shape index (κ2) is 3.50. The second-order valence-corrected chi connectivity index (χ2v) is 4.09. The van der Waals surface area contributed by atoms with Crippen molar-refractivity contribution in [1.82, 2.24) is 4.98 Å². The molecule has 2 atom stereocenters. The minimum atomic E-state index is -0.393. The molecule has 0 spiro atoms. The molecule has 1 aliphatic rings. The molecule has 0 saturated heterocycles. The van der Waals surface area contributed by atoms with Crippen molar-refractivity contribution in [2.24, 2.45) is 5.41 Å². The predicted molar refractivity (Wildman–Crippen MR) is 59.5 cm³/mol. The molecule has 78 valence electrons. The van der Waals surface area contributed by atoms with Crippen molar-refractivity contribution in [2.45, 2.75) is 19.9 Å². The highest BCUT2D eigenvalue weighted by molar-refractivity contribution is 5.69. The van der Waals surface area contributed by atoms with Crippen LogP contribution in [0, 0.1) is 5.41 Å². The van der Waals surface area contributed by atoms with Gasteiger partial charge in [0.15, 0.2) is 0 Å². The fourth-order valence-electron chi connectivity index (χ4n) is 1.76. The summed E-state index contributed by atoms with van der Waals surface area (Å²) in [7, 11) is 0. The van der Waals surface area contributed by atoms with E-state index in [-0.39, 0.29) is 6.04 Å². The van der Waals surface area contributed by atoms with Crippen molar-refractivity contribution in [3.05, 3.63) is 36.8 Å². The van der Waals surface area contributed by atoms with Gasteiger partial charge in [-0.3, -0.25) is 4.98 Å². The van der Waals surface area contributed by atoms with Crippen molar-refractivity contribution in [2.75, 3.05) is 4.90 Å². The molecular weight excluding hydrogens is 188 g/mol. The largest absolute Gasteiger partial charge is 0.343 e.